The molecule has 1 atom stereocenters. The van der Waals surface area contributed by atoms with E-state index < -0.39 is 23.9 Å². The second kappa shape index (κ2) is 12.0. The van der Waals surface area contributed by atoms with Crippen LogP contribution >= 0.6 is 11.8 Å². The second-order valence-corrected chi connectivity index (χ2v) is 6.90. The number of rotatable bonds is 13. The van der Waals surface area contributed by atoms with Gasteiger partial charge in [-0.3, -0.25) is 9.59 Å². The van der Waals surface area contributed by atoms with Crippen LogP contribution in [0.4, 0.5) is 0 Å². The quantitative estimate of drug-likeness (QED) is 0.413. The van der Waals surface area contributed by atoms with E-state index in [9.17, 15) is 19.5 Å². The second-order valence-electron chi connectivity index (χ2n) is 5.68. The summed E-state index contributed by atoms with van der Waals surface area (Å²) < 4.78 is 15.6. The smallest absolute Gasteiger partial charge is 0.326 e. The van der Waals surface area contributed by atoms with Crippen LogP contribution in [0.2, 0.25) is 0 Å². The molecule has 1 aromatic carbocycles. The van der Waals surface area contributed by atoms with Crippen LogP contribution in [-0.4, -0.2) is 66.9 Å². The molecule has 0 heterocycles. The molecule has 1 unspecified atom stereocenters. The van der Waals surface area contributed by atoms with Crippen molar-refractivity contribution in [2.75, 3.05) is 32.8 Å². The molecule has 0 saturated heterocycles. The van der Waals surface area contributed by atoms with E-state index in [0.717, 1.165) is 0 Å². The van der Waals surface area contributed by atoms with E-state index in [1.807, 2.05) is 0 Å². The van der Waals surface area contributed by atoms with E-state index in [1.54, 1.807) is 0 Å². The molecule has 0 aromatic heterocycles. The third-order valence-electron chi connectivity index (χ3n) is 3.77. The van der Waals surface area contributed by atoms with Crippen LogP contribution in [0.25, 0.3) is 0 Å². The normalized spacial score (nSPS) is 11.4. The SMILES string of the molecule is COc1cc(C(=O)NC(CCCSCCC(=O)O)C(=O)O)cc(OC)c1OC. The van der Waals surface area contributed by atoms with Gasteiger partial charge in [0.2, 0.25) is 5.75 Å². The molecule has 0 fully saturated rings. The van der Waals surface area contributed by atoms with Crippen molar-refractivity contribution in [3.05, 3.63) is 17.7 Å². The van der Waals surface area contributed by atoms with Crippen molar-refractivity contribution >= 4 is 29.6 Å². The number of amides is 1. The van der Waals surface area contributed by atoms with Crippen LogP contribution in [0.15, 0.2) is 12.1 Å². The maximum Gasteiger partial charge on any atom is 0.326 e. The lowest BCUT2D eigenvalue weighted by Gasteiger charge is -2.17. The molecule has 28 heavy (non-hydrogen) atoms. The Kier molecular flexibility index (Phi) is 10.0. The highest BCUT2D eigenvalue weighted by molar-refractivity contribution is 7.99. The monoisotopic (exact) mass is 415 g/mol. The Morgan fingerprint density at radius 2 is 1.64 bits per heavy atom. The molecule has 3 N–H and O–H groups in total. The summed E-state index contributed by atoms with van der Waals surface area (Å²) in [6.45, 7) is 0. The van der Waals surface area contributed by atoms with Crippen molar-refractivity contribution in [1.82, 2.24) is 5.32 Å². The summed E-state index contributed by atoms with van der Waals surface area (Å²) >= 11 is 1.43. The lowest BCUT2D eigenvalue weighted by Crippen LogP contribution is -2.40. The average molecular weight is 415 g/mol. The molecule has 0 saturated carbocycles. The molecule has 9 nitrogen and oxygen atoms in total. The van der Waals surface area contributed by atoms with Crippen molar-refractivity contribution < 1.29 is 38.8 Å². The number of carbonyl (C=O) groups is 3. The Balaban J connectivity index is 2.73. The van der Waals surface area contributed by atoms with Gasteiger partial charge in [0.25, 0.3) is 5.91 Å². The van der Waals surface area contributed by atoms with E-state index in [2.05, 4.69) is 5.32 Å². The van der Waals surface area contributed by atoms with Crippen LogP contribution in [0, 0.1) is 0 Å². The number of aliphatic carboxylic acids is 2. The third-order valence-corrected chi connectivity index (χ3v) is 4.84. The molecule has 0 spiro atoms. The van der Waals surface area contributed by atoms with Crippen molar-refractivity contribution in [2.45, 2.75) is 25.3 Å². The molecule has 10 heteroatoms. The fourth-order valence-electron chi connectivity index (χ4n) is 2.36. The fraction of sp³-hybridized carbons (Fsp3) is 0.500. The van der Waals surface area contributed by atoms with E-state index in [1.165, 1.54) is 45.2 Å². The van der Waals surface area contributed by atoms with Gasteiger partial charge in [-0.25, -0.2) is 4.79 Å². The Bertz CT molecular complexity index is 669. The number of nitrogens with one attached hydrogen (secondary N) is 1. The summed E-state index contributed by atoms with van der Waals surface area (Å²) in [5.41, 5.74) is 0.177. The van der Waals surface area contributed by atoms with Gasteiger partial charge in [-0.2, -0.15) is 11.8 Å². The highest BCUT2D eigenvalue weighted by Crippen LogP contribution is 2.38. The van der Waals surface area contributed by atoms with Gasteiger partial charge in [0.1, 0.15) is 6.04 Å². The topological polar surface area (TPSA) is 131 Å². The molecular formula is C18H25NO8S. The van der Waals surface area contributed by atoms with Gasteiger partial charge in [-0.05, 0) is 30.7 Å². The largest absolute Gasteiger partial charge is 0.493 e. The lowest BCUT2D eigenvalue weighted by molar-refractivity contribution is -0.139. The first-order chi connectivity index (χ1) is 13.3. The Morgan fingerprint density at radius 1 is 1.04 bits per heavy atom. The molecule has 0 aliphatic rings. The lowest BCUT2D eigenvalue weighted by atomic mass is 10.1. The zero-order chi connectivity index (χ0) is 21.1. The minimum Gasteiger partial charge on any atom is -0.493 e. The van der Waals surface area contributed by atoms with E-state index in [0.29, 0.717) is 23.7 Å². The van der Waals surface area contributed by atoms with Gasteiger partial charge in [-0.1, -0.05) is 0 Å². The minimum absolute atomic E-state index is 0.0604. The van der Waals surface area contributed by atoms with E-state index in [4.69, 9.17) is 19.3 Å². The summed E-state index contributed by atoms with van der Waals surface area (Å²) in [5.74, 6) is -0.616. The summed E-state index contributed by atoms with van der Waals surface area (Å²) in [5, 5.41) is 20.4. The molecule has 1 aromatic rings. The number of carboxylic acids is 2. The number of hydrogen-bond donors (Lipinski definition) is 3. The summed E-state index contributed by atoms with van der Waals surface area (Å²) in [7, 11) is 4.27. The van der Waals surface area contributed by atoms with Gasteiger partial charge >= 0.3 is 11.9 Å². The summed E-state index contributed by atoms with van der Waals surface area (Å²) in [6.07, 6.45) is 0.813. The Hall–Kier alpha value is -2.62. The zero-order valence-electron chi connectivity index (χ0n) is 16.0. The number of ether oxygens (including phenoxy) is 3. The maximum atomic E-state index is 12.5. The highest BCUT2D eigenvalue weighted by atomic mass is 32.2. The van der Waals surface area contributed by atoms with Crippen LogP contribution in [0.1, 0.15) is 29.6 Å². The minimum atomic E-state index is -1.14. The Morgan fingerprint density at radius 3 is 2.11 bits per heavy atom. The van der Waals surface area contributed by atoms with Crippen molar-refractivity contribution in [2.24, 2.45) is 0 Å². The average Bonchev–Trinajstić information content (AvgIpc) is 2.67. The standard InChI is InChI=1S/C18H25NO8S/c1-25-13-9-11(10-14(26-2)16(13)27-3)17(22)19-12(18(23)24)5-4-7-28-8-6-15(20)21/h9-10,12H,4-8H2,1-3H3,(H,19,22)(H,20,21)(H,23,24). The van der Waals surface area contributed by atoms with Crippen LogP contribution in [0.5, 0.6) is 17.2 Å². The fourth-order valence-corrected chi connectivity index (χ4v) is 3.26. The van der Waals surface area contributed by atoms with Crippen LogP contribution < -0.4 is 19.5 Å². The molecule has 0 bridgehead atoms. The number of carboxylic acid groups (broad SMARTS) is 2. The molecular weight excluding hydrogens is 390 g/mol. The van der Waals surface area contributed by atoms with Gasteiger partial charge in [-0.15, -0.1) is 0 Å². The van der Waals surface area contributed by atoms with Gasteiger partial charge < -0.3 is 29.7 Å². The first-order valence-electron chi connectivity index (χ1n) is 8.47. The predicted octanol–water partition coefficient (Wildman–Crippen LogP) is 1.88. The van der Waals surface area contributed by atoms with Crippen LogP contribution in [0.3, 0.4) is 0 Å². The van der Waals surface area contributed by atoms with Gasteiger partial charge in [0.15, 0.2) is 11.5 Å². The van der Waals surface area contributed by atoms with Crippen molar-refractivity contribution in [3.63, 3.8) is 0 Å². The first-order valence-corrected chi connectivity index (χ1v) is 9.62. The number of carbonyl (C=O) groups excluding carboxylic acids is 1. The van der Waals surface area contributed by atoms with E-state index >= 15 is 0 Å². The highest BCUT2D eigenvalue weighted by Gasteiger charge is 2.22. The van der Waals surface area contributed by atoms with Gasteiger partial charge in [0.05, 0.1) is 27.8 Å². The molecule has 156 valence electrons. The number of benzene rings is 1. The molecule has 0 aliphatic carbocycles. The first kappa shape index (κ1) is 23.4. The molecule has 1 amide bonds. The van der Waals surface area contributed by atoms with E-state index in [-0.39, 0.29) is 29.9 Å². The van der Waals surface area contributed by atoms with Gasteiger partial charge in [0, 0.05) is 11.3 Å². The number of methoxy groups -OCH3 is 3. The summed E-state index contributed by atoms with van der Waals surface area (Å²) in [4.78, 5) is 34.4. The third kappa shape index (κ3) is 7.18. The summed E-state index contributed by atoms with van der Waals surface area (Å²) in [6, 6.07) is 1.82. The molecule has 0 radical (unpaired) electrons. The molecule has 0 aliphatic heterocycles. The van der Waals surface area contributed by atoms with Crippen LogP contribution in [-0.2, 0) is 9.59 Å². The van der Waals surface area contributed by atoms with Crippen molar-refractivity contribution in [3.8, 4) is 17.2 Å². The number of thioether (sulfide) groups is 1. The number of hydrogen-bond acceptors (Lipinski definition) is 7. The predicted molar refractivity (Wildman–Crippen MR) is 104 cm³/mol. The Labute approximate surface area is 167 Å². The molecule has 1 rings (SSSR count). The zero-order valence-corrected chi connectivity index (χ0v) is 16.8. The van der Waals surface area contributed by atoms with Crippen molar-refractivity contribution in [1.29, 1.82) is 0 Å². The maximum absolute atomic E-state index is 12.5.